The zero-order valence-corrected chi connectivity index (χ0v) is 17.6. The number of piperazine rings is 1. The van der Waals surface area contributed by atoms with E-state index >= 15 is 0 Å². The van der Waals surface area contributed by atoms with Crippen molar-refractivity contribution in [2.45, 2.75) is 12.5 Å². The number of carbonyl (C=O) groups excluding carboxylic acids is 1. The van der Waals surface area contributed by atoms with Crippen molar-refractivity contribution in [3.05, 3.63) is 108 Å². The Morgan fingerprint density at radius 1 is 0.806 bits per heavy atom. The molecule has 0 aliphatic carbocycles. The van der Waals surface area contributed by atoms with Crippen molar-refractivity contribution in [3.63, 3.8) is 0 Å². The lowest BCUT2D eigenvalue weighted by Gasteiger charge is -2.40. The van der Waals surface area contributed by atoms with Gasteiger partial charge in [-0.05, 0) is 40.3 Å². The van der Waals surface area contributed by atoms with Crippen molar-refractivity contribution in [2.24, 2.45) is 0 Å². The summed E-state index contributed by atoms with van der Waals surface area (Å²) in [5.41, 5.74) is 4.78. The van der Waals surface area contributed by atoms with E-state index in [0.29, 0.717) is 6.42 Å². The highest BCUT2D eigenvalue weighted by atomic mass is 16.2. The van der Waals surface area contributed by atoms with Crippen LogP contribution in [0.4, 0.5) is 0 Å². The smallest absolute Gasteiger partial charge is 0.227 e. The van der Waals surface area contributed by atoms with Gasteiger partial charge in [0.1, 0.15) is 0 Å². The molecule has 0 atom stereocenters. The van der Waals surface area contributed by atoms with E-state index in [4.69, 9.17) is 0 Å². The van der Waals surface area contributed by atoms with Gasteiger partial charge in [-0.3, -0.25) is 9.69 Å². The van der Waals surface area contributed by atoms with Crippen LogP contribution in [0.25, 0.3) is 10.9 Å². The number of carbonyl (C=O) groups is 1. The molecule has 4 heteroatoms. The zero-order valence-electron chi connectivity index (χ0n) is 17.6. The van der Waals surface area contributed by atoms with Gasteiger partial charge < -0.3 is 9.88 Å². The predicted molar refractivity (Wildman–Crippen MR) is 125 cm³/mol. The molecule has 0 bridgehead atoms. The fraction of sp³-hybridized carbons (Fsp3) is 0.222. The van der Waals surface area contributed by atoms with Crippen LogP contribution in [0.15, 0.2) is 91.1 Å². The number of H-pyrrole nitrogens is 1. The maximum atomic E-state index is 13.0. The number of nitrogens with one attached hydrogen (secondary N) is 1. The molecule has 1 aliphatic heterocycles. The highest BCUT2D eigenvalue weighted by molar-refractivity contribution is 5.83. The minimum Gasteiger partial charge on any atom is -0.361 e. The topological polar surface area (TPSA) is 39.3 Å². The number of fused-ring (bicyclic) bond motifs is 1. The van der Waals surface area contributed by atoms with Crippen LogP contribution in [0.1, 0.15) is 22.7 Å². The first-order chi connectivity index (χ1) is 15.3. The normalized spacial score (nSPS) is 14.9. The molecule has 1 fully saturated rings. The SMILES string of the molecule is O=C(Cc1ccc2[nH]ccc2c1)N1CCN(C(c2ccccc2)c2ccccc2)CC1. The molecule has 0 saturated carbocycles. The summed E-state index contributed by atoms with van der Waals surface area (Å²) >= 11 is 0. The Bertz CT molecular complexity index is 1110. The third-order valence-electron chi connectivity index (χ3n) is 6.24. The average molecular weight is 410 g/mol. The second kappa shape index (κ2) is 8.78. The molecule has 0 spiro atoms. The first kappa shape index (κ1) is 19.6. The van der Waals surface area contributed by atoms with Gasteiger partial charge in [0.25, 0.3) is 0 Å². The lowest BCUT2D eigenvalue weighted by Crippen LogP contribution is -2.50. The molecule has 1 N–H and O–H groups in total. The average Bonchev–Trinajstić information content (AvgIpc) is 3.29. The molecule has 1 aliphatic rings. The third-order valence-corrected chi connectivity index (χ3v) is 6.24. The molecular weight excluding hydrogens is 382 g/mol. The number of hydrogen-bond donors (Lipinski definition) is 1. The van der Waals surface area contributed by atoms with E-state index < -0.39 is 0 Å². The van der Waals surface area contributed by atoms with Gasteiger partial charge in [0, 0.05) is 37.9 Å². The number of nitrogens with zero attached hydrogens (tertiary/aromatic N) is 2. The predicted octanol–water partition coefficient (Wildman–Crippen LogP) is 4.64. The monoisotopic (exact) mass is 409 g/mol. The van der Waals surface area contributed by atoms with Crippen molar-refractivity contribution in [1.29, 1.82) is 0 Å². The minimum absolute atomic E-state index is 0.213. The maximum Gasteiger partial charge on any atom is 0.227 e. The lowest BCUT2D eigenvalue weighted by atomic mass is 9.96. The Morgan fingerprint density at radius 3 is 2.10 bits per heavy atom. The van der Waals surface area contributed by atoms with Crippen LogP contribution in [0.2, 0.25) is 0 Å². The highest BCUT2D eigenvalue weighted by Crippen LogP contribution is 2.29. The largest absolute Gasteiger partial charge is 0.361 e. The minimum atomic E-state index is 0.213. The van der Waals surface area contributed by atoms with Crippen molar-refractivity contribution < 1.29 is 4.79 Å². The van der Waals surface area contributed by atoms with E-state index in [9.17, 15) is 4.79 Å². The molecule has 5 rings (SSSR count). The van der Waals surface area contributed by atoms with Crippen LogP contribution in [-0.2, 0) is 11.2 Å². The highest BCUT2D eigenvalue weighted by Gasteiger charge is 2.28. The van der Waals surface area contributed by atoms with Gasteiger partial charge in [-0.2, -0.15) is 0 Å². The number of aromatic nitrogens is 1. The van der Waals surface area contributed by atoms with Crippen LogP contribution in [0, 0.1) is 0 Å². The Balaban J connectivity index is 1.27. The quantitative estimate of drug-likeness (QED) is 0.521. The number of rotatable bonds is 5. The second-order valence-electron chi connectivity index (χ2n) is 8.22. The molecule has 156 valence electrons. The molecule has 1 aromatic heterocycles. The summed E-state index contributed by atoms with van der Waals surface area (Å²) in [6.45, 7) is 3.27. The van der Waals surface area contributed by atoms with E-state index in [2.05, 4.69) is 88.7 Å². The summed E-state index contributed by atoms with van der Waals surface area (Å²) in [5, 5.41) is 1.16. The van der Waals surface area contributed by atoms with Gasteiger partial charge >= 0.3 is 0 Å². The number of amides is 1. The molecule has 2 heterocycles. The molecule has 31 heavy (non-hydrogen) atoms. The lowest BCUT2D eigenvalue weighted by molar-refractivity contribution is -0.132. The van der Waals surface area contributed by atoms with E-state index in [1.165, 1.54) is 11.1 Å². The van der Waals surface area contributed by atoms with Crippen molar-refractivity contribution in [2.75, 3.05) is 26.2 Å². The van der Waals surface area contributed by atoms with Crippen molar-refractivity contribution >= 4 is 16.8 Å². The summed E-state index contributed by atoms with van der Waals surface area (Å²) in [7, 11) is 0. The maximum absolute atomic E-state index is 13.0. The number of benzene rings is 3. The van der Waals surface area contributed by atoms with Crippen molar-refractivity contribution in [3.8, 4) is 0 Å². The summed E-state index contributed by atoms with van der Waals surface area (Å²) in [5.74, 6) is 0.213. The van der Waals surface area contributed by atoms with Crippen LogP contribution < -0.4 is 0 Å². The van der Waals surface area contributed by atoms with E-state index in [1.807, 2.05) is 17.2 Å². The molecule has 1 saturated heterocycles. The van der Waals surface area contributed by atoms with Gasteiger partial charge in [-0.15, -0.1) is 0 Å². The van der Waals surface area contributed by atoms with Crippen LogP contribution in [-0.4, -0.2) is 46.9 Å². The summed E-state index contributed by atoms with van der Waals surface area (Å²) < 4.78 is 0. The van der Waals surface area contributed by atoms with Gasteiger partial charge in [0.05, 0.1) is 12.5 Å². The Kier molecular flexibility index (Phi) is 5.55. The third kappa shape index (κ3) is 4.25. The van der Waals surface area contributed by atoms with Crippen molar-refractivity contribution in [1.82, 2.24) is 14.8 Å². The summed E-state index contributed by atoms with van der Waals surface area (Å²) in [6, 6.07) is 29.8. The van der Waals surface area contributed by atoms with Crippen LogP contribution in [0.5, 0.6) is 0 Å². The van der Waals surface area contributed by atoms with E-state index in [-0.39, 0.29) is 11.9 Å². The van der Waals surface area contributed by atoms with Crippen LogP contribution >= 0.6 is 0 Å². The van der Waals surface area contributed by atoms with Gasteiger partial charge in [-0.25, -0.2) is 0 Å². The first-order valence-electron chi connectivity index (χ1n) is 11.0. The molecule has 0 unspecified atom stereocenters. The van der Waals surface area contributed by atoms with E-state index in [1.54, 1.807) is 0 Å². The molecular formula is C27H27N3O. The molecule has 3 aromatic carbocycles. The van der Waals surface area contributed by atoms with Gasteiger partial charge in [0.15, 0.2) is 0 Å². The first-order valence-corrected chi connectivity index (χ1v) is 11.0. The fourth-order valence-electron chi connectivity index (χ4n) is 4.61. The number of aromatic amines is 1. The molecule has 1 amide bonds. The Labute approximate surface area is 183 Å². The van der Waals surface area contributed by atoms with Gasteiger partial charge in [0.2, 0.25) is 5.91 Å². The Hall–Kier alpha value is -3.37. The molecule has 4 nitrogen and oxygen atoms in total. The fourth-order valence-corrected chi connectivity index (χ4v) is 4.61. The summed E-state index contributed by atoms with van der Waals surface area (Å²) in [6.07, 6.45) is 2.40. The Morgan fingerprint density at radius 2 is 1.45 bits per heavy atom. The molecule has 4 aromatic rings. The summed E-state index contributed by atoms with van der Waals surface area (Å²) in [4.78, 5) is 20.7. The zero-order chi connectivity index (χ0) is 21.0. The number of hydrogen-bond acceptors (Lipinski definition) is 2. The van der Waals surface area contributed by atoms with Gasteiger partial charge in [-0.1, -0.05) is 66.7 Å². The van der Waals surface area contributed by atoms with E-state index in [0.717, 1.165) is 42.6 Å². The van der Waals surface area contributed by atoms with Crippen LogP contribution in [0.3, 0.4) is 0 Å². The second-order valence-corrected chi connectivity index (χ2v) is 8.22. The molecule has 0 radical (unpaired) electrons. The standard InChI is InChI=1S/C27H27N3O/c31-26(20-21-11-12-25-24(19-21)13-14-28-25)29-15-17-30(18-16-29)27(22-7-3-1-4-8-22)23-9-5-2-6-10-23/h1-14,19,27-28H,15-18,20H2.